The molecule has 1 aliphatic heterocycles. The summed E-state index contributed by atoms with van der Waals surface area (Å²) in [5.41, 5.74) is 6.97. The third-order valence-electron chi connectivity index (χ3n) is 4.86. The van der Waals surface area contributed by atoms with Crippen LogP contribution in [0.5, 0.6) is 0 Å². The summed E-state index contributed by atoms with van der Waals surface area (Å²) in [5, 5.41) is 0. The molecule has 0 aromatic carbocycles. The van der Waals surface area contributed by atoms with Crippen molar-refractivity contribution in [2.24, 2.45) is 5.41 Å². The average molecular weight is 387 g/mol. The number of allylic oxidation sites excluding steroid dienone is 6. The minimum absolute atomic E-state index is 0.303. The molecule has 28 heavy (non-hydrogen) atoms. The van der Waals surface area contributed by atoms with Crippen LogP contribution in [0.3, 0.4) is 0 Å². The van der Waals surface area contributed by atoms with Crippen molar-refractivity contribution in [1.82, 2.24) is 9.80 Å². The maximum atomic E-state index is 4.17. The third kappa shape index (κ3) is 10.1. The Labute approximate surface area is 176 Å². The first-order valence-corrected chi connectivity index (χ1v) is 10.8. The Balaban J connectivity index is 0.00000352. The lowest BCUT2D eigenvalue weighted by atomic mass is 9.85. The number of hydrogen-bond donors (Lipinski definition) is 0. The number of rotatable bonds is 7. The summed E-state index contributed by atoms with van der Waals surface area (Å²) in [4.78, 5) is 5.04. The predicted molar refractivity (Wildman–Crippen MR) is 129 cm³/mol. The minimum atomic E-state index is 0.303. The van der Waals surface area contributed by atoms with Gasteiger partial charge in [0.25, 0.3) is 0 Å². The average Bonchev–Trinajstić information content (AvgIpc) is 2.62. The Morgan fingerprint density at radius 1 is 0.929 bits per heavy atom. The van der Waals surface area contributed by atoms with Gasteiger partial charge in [-0.1, -0.05) is 70.6 Å². The Hall–Kier alpha value is -1.54. The Morgan fingerprint density at radius 2 is 1.46 bits per heavy atom. The molecular weight excluding hydrogens is 340 g/mol. The van der Waals surface area contributed by atoms with E-state index in [2.05, 4.69) is 83.6 Å². The summed E-state index contributed by atoms with van der Waals surface area (Å²) in [6.07, 6.45) is 7.47. The molecule has 160 valence electrons. The molecule has 0 N–H and O–H groups in total. The molecule has 0 aromatic rings. The predicted octanol–water partition coefficient (Wildman–Crippen LogP) is 7.00. The zero-order valence-corrected chi connectivity index (χ0v) is 20.3. The maximum absolute atomic E-state index is 4.17. The first-order chi connectivity index (χ1) is 13.0. The van der Waals surface area contributed by atoms with Crippen molar-refractivity contribution in [2.75, 3.05) is 32.7 Å². The molecule has 0 aliphatic carbocycles. The van der Waals surface area contributed by atoms with Crippen LogP contribution in [-0.4, -0.2) is 42.5 Å². The summed E-state index contributed by atoms with van der Waals surface area (Å²) in [6.45, 7) is 33.1. The minimum Gasteiger partial charge on any atom is -0.369 e. The molecule has 1 fully saturated rings. The fraction of sp³-hybridized carbons (Fsp3) is 0.615. The van der Waals surface area contributed by atoms with Crippen molar-refractivity contribution in [1.29, 1.82) is 0 Å². The van der Waals surface area contributed by atoms with Crippen LogP contribution >= 0.6 is 0 Å². The Morgan fingerprint density at radius 3 is 1.86 bits per heavy atom. The maximum Gasteiger partial charge on any atom is 0.0361 e. The molecule has 0 radical (unpaired) electrons. The van der Waals surface area contributed by atoms with Crippen LogP contribution in [-0.2, 0) is 0 Å². The van der Waals surface area contributed by atoms with E-state index in [0.29, 0.717) is 5.41 Å². The van der Waals surface area contributed by atoms with Gasteiger partial charge in [0.05, 0.1) is 0 Å². The van der Waals surface area contributed by atoms with Gasteiger partial charge in [-0.15, -0.1) is 0 Å². The Bertz CT molecular complexity index is 584. The highest BCUT2D eigenvalue weighted by atomic mass is 15.3. The summed E-state index contributed by atoms with van der Waals surface area (Å²) in [7, 11) is 0. The lowest BCUT2D eigenvalue weighted by Crippen LogP contribution is -2.46. The second-order valence-electron chi connectivity index (χ2n) is 9.05. The lowest BCUT2D eigenvalue weighted by molar-refractivity contribution is 0.169. The smallest absolute Gasteiger partial charge is 0.0361 e. The third-order valence-corrected chi connectivity index (χ3v) is 4.86. The number of hydrogen-bond acceptors (Lipinski definition) is 2. The molecule has 0 spiro atoms. The van der Waals surface area contributed by atoms with Crippen molar-refractivity contribution in [3.63, 3.8) is 0 Å². The molecule has 1 saturated heterocycles. The van der Waals surface area contributed by atoms with Crippen LogP contribution in [0.2, 0.25) is 0 Å². The van der Waals surface area contributed by atoms with E-state index in [-0.39, 0.29) is 0 Å². The van der Waals surface area contributed by atoms with Crippen LogP contribution in [0.1, 0.15) is 68.7 Å². The molecule has 2 nitrogen and oxygen atoms in total. The van der Waals surface area contributed by atoms with Crippen molar-refractivity contribution in [3.8, 4) is 0 Å². The topological polar surface area (TPSA) is 6.48 Å². The van der Waals surface area contributed by atoms with E-state index in [1.54, 1.807) is 5.57 Å². The fourth-order valence-electron chi connectivity index (χ4n) is 3.24. The van der Waals surface area contributed by atoms with Gasteiger partial charge in [0.1, 0.15) is 0 Å². The Kier molecular flexibility index (Phi) is 12.1. The fourth-order valence-corrected chi connectivity index (χ4v) is 3.24. The first-order valence-electron chi connectivity index (χ1n) is 10.8. The number of piperazine rings is 1. The molecule has 1 aliphatic rings. The van der Waals surface area contributed by atoms with E-state index in [9.17, 15) is 0 Å². The molecule has 2 heteroatoms. The van der Waals surface area contributed by atoms with Gasteiger partial charge >= 0.3 is 0 Å². The standard InChI is InChI=1S/C24H40N2.C2H6/c1-10-23(12-11-19(2)3)26-15-13-25(14-16-26)18-22(17-24(7,8)9)21(6)20(4)5;1-2/h10-12H,1,4,13-18H2,2-3,5-9H3;1-2H3/b22-21-,23-12+;. The van der Waals surface area contributed by atoms with Gasteiger partial charge in [0.2, 0.25) is 0 Å². The highest BCUT2D eigenvalue weighted by molar-refractivity contribution is 5.31. The highest BCUT2D eigenvalue weighted by Gasteiger charge is 2.21. The molecule has 0 bridgehead atoms. The summed E-state index contributed by atoms with van der Waals surface area (Å²) in [5.74, 6) is 0. The molecule has 0 amide bonds. The zero-order valence-electron chi connectivity index (χ0n) is 20.3. The van der Waals surface area contributed by atoms with Crippen molar-refractivity contribution >= 4 is 0 Å². The monoisotopic (exact) mass is 386 g/mol. The first kappa shape index (κ1) is 26.5. The van der Waals surface area contributed by atoms with Crippen LogP contribution in [0.15, 0.2) is 59.4 Å². The van der Waals surface area contributed by atoms with Gasteiger partial charge in [-0.3, -0.25) is 4.90 Å². The van der Waals surface area contributed by atoms with E-state index in [1.165, 1.54) is 22.4 Å². The van der Waals surface area contributed by atoms with Gasteiger partial charge in [-0.2, -0.15) is 0 Å². The van der Waals surface area contributed by atoms with Gasteiger partial charge in [0, 0.05) is 38.4 Å². The van der Waals surface area contributed by atoms with Gasteiger partial charge < -0.3 is 4.90 Å². The summed E-state index contributed by atoms with van der Waals surface area (Å²) in [6, 6.07) is 0. The summed E-state index contributed by atoms with van der Waals surface area (Å²) < 4.78 is 0. The van der Waals surface area contributed by atoms with Crippen LogP contribution < -0.4 is 0 Å². The van der Waals surface area contributed by atoms with Gasteiger partial charge in [-0.25, -0.2) is 0 Å². The highest BCUT2D eigenvalue weighted by Crippen LogP contribution is 2.28. The molecule has 1 heterocycles. The second kappa shape index (κ2) is 12.8. The molecule has 1 rings (SSSR count). The van der Waals surface area contributed by atoms with E-state index in [1.807, 2.05) is 19.9 Å². The van der Waals surface area contributed by atoms with E-state index in [0.717, 1.165) is 39.1 Å². The second-order valence-corrected chi connectivity index (χ2v) is 9.05. The zero-order chi connectivity index (χ0) is 21.9. The normalized spacial score (nSPS) is 16.6. The van der Waals surface area contributed by atoms with Crippen molar-refractivity contribution in [2.45, 2.75) is 68.7 Å². The lowest BCUT2D eigenvalue weighted by Gasteiger charge is -2.38. The summed E-state index contributed by atoms with van der Waals surface area (Å²) >= 11 is 0. The largest absolute Gasteiger partial charge is 0.369 e. The van der Waals surface area contributed by atoms with Crippen LogP contribution in [0, 0.1) is 5.41 Å². The van der Waals surface area contributed by atoms with Crippen LogP contribution in [0.4, 0.5) is 0 Å². The SMILES string of the molecule is C=C/C(=C\C=C(C)C)N1CCN(C/C(CC(C)(C)C)=C(/C)C(=C)C)CC1.CC. The van der Waals surface area contributed by atoms with Crippen LogP contribution in [0.25, 0.3) is 0 Å². The quantitative estimate of drug-likeness (QED) is 0.435. The molecule has 0 atom stereocenters. The van der Waals surface area contributed by atoms with Crippen molar-refractivity contribution in [3.05, 3.63) is 59.4 Å². The molecule has 0 aromatic heterocycles. The molecule has 0 unspecified atom stereocenters. The molecular formula is C26H46N2. The molecule has 0 saturated carbocycles. The van der Waals surface area contributed by atoms with E-state index >= 15 is 0 Å². The van der Waals surface area contributed by atoms with Gasteiger partial charge in [0.15, 0.2) is 0 Å². The van der Waals surface area contributed by atoms with Gasteiger partial charge in [-0.05, 0) is 57.3 Å². The van der Waals surface area contributed by atoms with E-state index < -0.39 is 0 Å². The number of nitrogens with zero attached hydrogens (tertiary/aromatic N) is 2. The van der Waals surface area contributed by atoms with Crippen molar-refractivity contribution < 1.29 is 0 Å². The van der Waals surface area contributed by atoms with E-state index in [4.69, 9.17) is 0 Å².